The summed E-state index contributed by atoms with van der Waals surface area (Å²) in [5.41, 5.74) is 1.65. The first-order chi connectivity index (χ1) is 12.5. The first kappa shape index (κ1) is 18.7. The fraction of sp³-hybridized carbons (Fsp3) is 0.389. The molecule has 138 valence electrons. The molecule has 2 amide bonds. The Kier molecular flexibility index (Phi) is 5.84. The molecule has 6 nitrogen and oxygen atoms in total. The van der Waals surface area contributed by atoms with Crippen LogP contribution in [0, 0.1) is 6.92 Å². The first-order valence-corrected chi connectivity index (χ1v) is 9.25. The lowest BCUT2D eigenvalue weighted by Gasteiger charge is -2.15. The molecule has 0 bridgehead atoms. The van der Waals surface area contributed by atoms with Gasteiger partial charge in [0, 0.05) is 18.1 Å². The summed E-state index contributed by atoms with van der Waals surface area (Å²) in [6, 6.07) is 7.39. The maximum Gasteiger partial charge on any atom is 0.256 e. The quantitative estimate of drug-likeness (QED) is 0.847. The molecule has 0 radical (unpaired) electrons. The van der Waals surface area contributed by atoms with Gasteiger partial charge in [-0.05, 0) is 31.4 Å². The normalized spacial score (nSPS) is 13.9. The fourth-order valence-electron chi connectivity index (χ4n) is 3.03. The van der Waals surface area contributed by atoms with E-state index in [1.807, 2.05) is 18.2 Å². The first-order valence-electron chi connectivity index (χ1n) is 8.49. The summed E-state index contributed by atoms with van der Waals surface area (Å²) in [6.45, 7) is 3.55. The minimum absolute atomic E-state index is 0.0374. The molecule has 0 saturated carbocycles. The predicted molar refractivity (Wildman–Crippen MR) is 101 cm³/mol. The van der Waals surface area contributed by atoms with E-state index in [0.29, 0.717) is 17.3 Å². The second-order valence-corrected chi connectivity index (χ2v) is 7.04. The highest BCUT2D eigenvalue weighted by atomic mass is 35.5. The average molecular weight is 395 g/mol. The van der Waals surface area contributed by atoms with Crippen molar-refractivity contribution < 1.29 is 9.59 Å². The van der Waals surface area contributed by atoms with Crippen molar-refractivity contribution in [2.24, 2.45) is 0 Å². The Morgan fingerprint density at radius 3 is 2.58 bits per heavy atom. The Bertz CT molecular complexity index is 829. The van der Waals surface area contributed by atoms with Crippen LogP contribution in [0.5, 0.6) is 0 Å². The van der Waals surface area contributed by atoms with Gasteiger partial charge in [-0.25, -0.2) is 4.68 Å². The molecule has 1 saturated heterocycles. The Hall–Kier alpha value is -2.05. The number of rotatable bonds is 5. The maximum atomic E-state index is 12.5. The molecule has 2 heterocycles. The number of amides is 2. The number of likely N-dealkylation sites (tertiary alicyclic amines) is 1. The van der Waals surface area contributed by atoms with Gasteiger partial charge in [0.2, 0.25) is 5.91 Å². The molecular formula is C18H20Cl2N4O2. The van der Waals surface area contributed by atoms with Gasteiger partial charge in [-0.2, -0.15) is 5.10 Å². The fourth-order valence-corrected chi connectivity index (χ4v) is 3.54. The summed E-state index contributed by atoms with van der Waals surface area (Å²) >= 11 is 12.5. The molecule has 8 heteroatoms. The number of nitrogens with one attached hydrogen (secondary N) is 1. The lowest BCUT2D eigenvalue weighted by molar-refractivity contribution is -0.129. The summed E-state index contributed by atoms with van der Waals surface area (Å²) < 4.78 is 1.54. The van der Waals surface area contributed by atoms with Crippen molar-refractivity contribution in [2.45, 2.75) is 26.3 Å². The van der Waals surface area contributed by atoms with Gasteiger partial charge in [-0.1, -0.05) is 41.4 Å². The molecule has 0 unspecified atom stereocenters. The molecule has 1 aromatic carbocycles. The Morgan fingerprint density at radius 1 is 1.19 bits per heavy atom. The van der Waals surface area contributed by atoms with Gasteiger partial charge in [0.15, 0.2) is 0 Å². The molecule has 0 aliphatic carbocycles. The number of halogens is 2. The minimum Gasteiger partial charge on any atom is -0.343 e. The van der Waals surface area contributed by atoms with Crippen molar-refractivity contribution in [3.63, 3.8) is 0 Å². The molecule has 1 aromatic heterocycles. The van der Waals surface area contributed by atoms with Gasteiger partial charge in [0.25, 0.3) is 5.91 Å². The van der Waals surface area contributed by atoms with E-state index >= 15 is 0 Å². The highest BCUT2D eigenvalue weighted by molar-refractivity contribution is 6.33. The summed E-state index contributed by atoms with van der Waals surface area (Å²) in [4.78, 5) is 26.3. The van der Waals surface area contributed by atoms with E-state index in [1.165, 1.54) is 4.68 Å². The number of aryl methyl sites for hydroxylation is 1. The Labute approximate surface area is 162 Å². The number of hydrogen-bond donors (Lipinski definition) is 1. The number of nitrogens with zero attached hydrogens (tertiary/aromatic N) is 3. The van der Waals surface area contributed by atoms with E-state index in [9.17, 15) is 9.59 Å². The van der Waals surface area contributed by atoms with E-state index in [1.54, 1.807) is 17.9 Å². The van der Waals surface area contributed by atoms with Crippen molar-refractivity contribution in [3.8, 4) is 0 Å². The number of carbonyl (C=O) groups is 2. The number of benzene rings is 1. The van der Waals surface area contributed by atoms with Crippen molar-refractivity contribution in [1.82, 2.24) is 20.0 Å². The molecule has 0 atom stereocenters. The lowest BCUT2D eigenvalue weighted by Crippen LogP contribution is -2.38. The van der Waals surface area contributed by atoms with Crippen LogP contribution in [0.3, 0.4) is 0 Å². The minimum atomic E-state index is -0.398. The van der Waals surface area contributed by atoms with Gasteiger partial charge in [-0.15, -0.1) is 0 Å². The molecule has 1 N–H and O–H groups in total. The van der Waals surface area contributed by atoms with Gasteiger partial charge in [-0.3, -0.25) is 9.59 Å². The second-order valence-electron chi connectivity index (χ2n) is 6.27. The number of hydrogen-bond acceptors (Lipinski definition) is 3. The predicted octanol–water partition coefficient (Wildman–Crippen LogP) is 2.90. The highest BCUT2D eigenvalue weighted by Crippen LogP contribution is 2.23. The molecule has 26 heavy (non-hydrogen) atoms. The van der Waals surface area contributed by atoms with Gasteiger partial charge >= 0.3 is 0 Å². The van der Waals surface area contributed by atoms with Crippen LogP contribution in [0.2, 0.25) is 10.2 Å². The van der Waals surface area contributed by atoms with Gasteiger partial charge in [0.05, 0.1) is 24.3 Å². The smallest absolute Gasteiger partial charge is 0.256 e. The van der Waals surface area contributed by atoms with Crippen molar-refractivity contribution in [3.05, 3.63) is 51.3 Å². The highest BCUT2D eigenvalue weighted by Gasteiger charge is 2.23. The van der Waals surface area contributed by atoms with Crippen LogP contribution in [0.4, 0.5) is 0 Å². The summed E-state index contributed by atoms with van der Waals surface area (Å²) in [7, 11) is 0. The number of carbonyl (C=O) groups excluding carboxylic acids is 2. The van der Waals surface area contributed by atoms with Crippen LogP contribution >= 0.6 is 23.2 Å². The molecule has 1 aliphatic rings. The topological polar surface area (TPSA) is 67.2 Å². The Balaban J connectivity index is 1.69. The van der Waals surface area contributed by atoms with E-state index in [2.05, 4.69) is 10.4 Å². The zero-order chi connectivity index (χ0) is 18.7. The van der Waals surface area contributed by atoms with Crippen LogP contribution < -0.4 is 5.32 Å². The lowest BCUT2D eigenvalue weighted by atomic mass is 10.2. The molecule has 3 rings (SSSR count). The van der Waals surface area contributed by atoms with E-state index < -0.39 is 5.91 Å². The molecule has 0 spiro atoms. The monoisotopic (exact) mass is 394 g/mol. The SMILES string of the molecule is Cc1nn(Cc2ccccc2Cl)c(Cl)c1C(=O)NCC(=O)N1CCCC1. The van der Waals surface area contributed by atoms with Crippen molar-refractivity contribution >= 4 is 35.0 Å². The van der Waals surface area contributed by atoms with Gasteiger partial charge < -0.3 is 10.2 Å². The molecule has 1 fully saturated rings. The molecule has 2 aromatic rings. The van der Waals surface area contributed by atoms with Crippen LogP contribution in [0.15, 0.2) is 24.3 Å². The van der Waals surface area contributed by atoms with E-state index in [4.69, 9.17) is 23.2 Å². The third kappa shape index (κ3) is 4.02. The van der Waals surface area contributed by atoms with Gasteiger partial charge in [0.1, 0.15) is 5.15 Å². The zero-order valence-corrected chi connectivity index (χ0v) is 16.0. The number of aromatic nitrogens is 2. The third-order valence-corrected chi connectivity index (χ3v) is 5.18. The zero-order valence-electron chi connectivity index (χ0n) is 14.5. The molecular weight excluding hydrogens is 375 g/mol. The second kappa shape index (κ2) is 8.10. The largest absolute Gasteiger partial charge is 0.343 e. The van der Waals surface area contributed by atoms with Crippen LogP contribution in [0.1, 0.15) is 34.5 Å². The standard InChI is InChI=1S/C18H20Cl2N4O2/c1-12-16(18(26)21-10-15(25)23-8-4-5-9-23)17(20)24(22-12)11-13-6-2-3-7-14(13)19/h2-3,6-7H,4-5,8-11H2,1H3,(H,21,26). The van der Waals surface area contributed by atoms with Crippen LogP contribution in [-0.2, 0) is 11.3 Å². The summed E-state index contributed by atoms with van der Waals surface area (Å²) in [5, 5.41) is 7.83. The molecule has 1 aliphatic heterocycles. The average Bonchev–Trinajstić information content (AvgIpc) is 3.24. The van der Waals surface area contributed by atoms with Crippen molar-refractivity contribution in [2.75, 3.05) is 19.6 Å². The van der Waals surface area contributed by atoms with E-state index in [-0.39, 0.29) is 23.2 Å². The maximum absolute atomic E-state index is 12.5. The van der Waals surface area contributed by atoms with Crippen LogP contribution in [-0.4, -0.2) is 46.1 Å². The summed E-state index contributed by atoms with van der Waals surface area (Å²) in [6.07, 6.45) is 2.03. The van der Waals surface area contributed by atoms with Crippen molar-refractivity contribution in [1.29, 1.82) is 0 Å². The Morgan fingerprint density at radius 2 is 1.88 bits per heavy atom. The van der Waals surface area contributed by atoms with E-state index in [0.717, 1.165) is 31.5 Å². The third-order valence-electron chi connectivity index (χ3n) is 4.43. The van der Waals surface area contributed by atoms with Crippen LogP contribution in [0.25, 0.3) is 0 Å². The summed E-state index contributed by atoms with van der Waals surface area (Å²) in [5.74, 6) is -0.474.